The van der Waals surface area contributed by atoms with Crippen molar-refractivity contribution in [2.24, 2.45) is 0 Å². The van der Waals surface area contributed by atoms with Crippen molar-refractivity contribution in [3.8, 4) is 0 Å². The van der Waals surface area contributed by atoms with E-state index in [9.17, 15) is 14.0 Å². The lowest BCUT2D eigenvalue weighted by atomic mass is 9.95. The number of carbonyl (C=O) groups excluding carboxylic acids is 2. The van der Waals surface area contributed by atoms with E-state index in [2.05, 4.69) is 5.32 Å². The van der Waals surface area contributed by atoms with Crippen LogP contribution < -0.4 is 5.32 Å². The Labute approximate surface area is 121 Å². The Hall–Kier alpha value is -1.62. The van der Waals surface area contributed by atoms with Gasteiger partial charge < -0.3 is 10.2 Å². The second kappa shape index (κ2) is 5.05. The van der Waals surface area contributed by atoms with E-state index in [-0.39, 0.29) is 23.4 Å². The Morgan fingerprint density at radius 2 is 2.05 bits per heavy atom. The molecule has 1 aliphatic heterocycles. The van der Waals surface area contributed by atoms with Crippen LogP contribution in [-0.2, 0) is 16.1 Å². The van der Waals surface area contributed by atoms with E-state index in [1.54, 1.807) is 20.8 Å². The summed E-state index contributed by atoms with van der Waals surface area (Å²) < 4.78 is 13.0. The van der Waals surface area contributed by atoms with E-state index in [0.717, 1.165) is 0 Å². The number of nitrogens with zero attached hydrogens (tertiary/aromatic N) is 1. The first-order chi connectivity index (χ1) is 9.23. The number of hydrogen-bond donors (Lipinski definition) is 1. The SMILES string of the molecule is CC1NC(=O)C(C)(C)N(Cc2ccc(F)cc2Cl)C1=O. The highest BCUT2D eigenvalue weighted by atomic mass is 35.5. The molecule has 1 aliphatic rings. The molecular weight excluding hydrogens is 283 g/mol. The highest BCUT2D eigenvalue weighted by Gasteiger charge is 2.44. The number of halogens is 2. The van der Waals surface area contributed by atoms with Crippen LogP contribution in [0.25, 0.3) is 0 Å². The van der Waals surface area contributed by atoms with E-state index >= 15 is 0 Å². The number of nitrogens with one attached hydrogen (secondary N) is 1. The number of benzene rings is 1. The average molecular weight is 299 g/mol. The van der Waals surface area contributed by atoms with E-state index in [1.165, 1.54) is 23.1 Å². The summed E-state index contributed by atoms with van der Waals surface area (Å²) in [5.74, 6) is -0.841. The van der Waals surface area contributed by atoms with Crippen LogP contribution in [0.4, 0.5) is 4.39 Å². The molecule has 2 amide bonds. The van der Waals surface area contributed by atoms with Crippen LogP contribution >= 0.6 is 11.6 Å². The van der Waals surface area contributed by atoms with Gasteiger partial charge in [0.25, 0.3) is 0 Å². The monoisotopic (exact) mass is 298 g/mol. The zero-order valence-electron chi connectivity index (χ0n) is 11.5. The molecule has 1 fully saturated rings. The quantitative estimate of drug-likeness (QED) is 0.909. The largest absolute Gasteiger partial charge is 0.343 e. The number of rotatable bonds is 2. The summed E-state index contributed by atoms with van der Waals surface area (Å²) >= 11 is 5.98. The van der Waals surface area contributed by atoms with Gasteiger partial charge in [0.15, 0.2) is 0 Å². The second-order valence-electron chi connectivity index (χ2n) is 5.41. The minimum absolute atomic E-state index is 0.169. The normalized spacial score (nSPS) is 21.9. The molecule has 0 spiro atoms. The molecule has 1 atom stereocenters. The van der Waals surface area contributed by atoms with Crippen molar-refractivity contribution in [3.63, 3.8) is 0 Å². The van der Waals surface area contributed by atoms with Gasteiger partial charge in [0, 0.05) is 11.6 Å². The fourth-order valence-electron chi connectivity index (χ4n) is 2.16. The van der Waals surface area contributed by atoms with Crippen molar-refractivity contribution in [1.29, 1.82) is 0 Å². The van der Waals surface area contributed by atoms with Crippen molar-refractivity contribution in [1.82, 2.24) is 10.2 Å². The van der Waals surface area contributed by atoms with Gasteiger partial charge in [-0.05, 0) is 38.5 Å². The smallest absolute Gasteiger partial charge is 0.246 e. The molecule has 108 valence electrons. The van der Waals surface area contributed by atoms with E-state index in [4.69, 9.17) is 11.6 Å². The van der Waals surface area contributed by atoms with Gasteiger partial charge in [-0.15, -0.1) is 0 Å². The maximum absolute atomic E-state index is 13.0. The molecule has 1 N–H and O–H groups in total. The minimum atomic E-state index is -0.971. The fraction of sp³-hybridized carbons (Fsp3) is 0.429. The van der Waals surface area contributed by atoms with Crippen LogP contribution in [0.15, 0.2) is 18.2 Å². The van der Waals surface area contributed by atoms with Gasteiger partial charge in [-0.2, -0.15) is 0 Å². The highest BCUT2D eigenvalue weighted by molar-refractivity contribution is 6.31. The van der Waals surface area contributed by atoms with Crippen molar-refractivity contribution in [3.05, 3.63) is 34.6 Å². The summed E-state index contributed by atoms with van der Waals surface area (Å²) in [7, 11) is 0. The first kappa shape index (κ1) is 14.8. The van der Waals surface area contributed by atoms with Gasteiger partial charge in [-0.1, -0.05) is 17.7 Å². The number of amides is 2. The van der Waals surface area contributed by atoms with Crippen molar-refractivity contribution >= 4 is 23.4 Å². The lowest BCUT2D eigenvalue weighted by molar-refractivity contribution is -0.155. The van der Waals surface area contributed by atoms with Crippen LogP contribution in [0.3, 0.4) is 0 Å². The molecule has 1 aromatic rings. The summed E-state index contributed by atoms with van der Waals surface area (Å²) in [6, 6.07) is 3.43. The first-order valence-electron chi connectivity index (χ1n) is 6.30. The topological polar surface area (TPSA) is 49.4 Å². The summed E-state index contributed by atoms with van der Waals surface area (Å²) in [6.45, 7) is 5.14. The molecule has 4 nitrogen and oxygen atoms in total. The zero-order valence-corrected chi connectivity index (χ0v) is 12.3. The van der Waals surface area contributed by atoms with Crippen LogP contribution in [0.2, 0.25) is 5.02 Å². The Morgan fingerprint density at radius 1 is 1.40 bits per heavy atom. The van der Waals surface area contributed by atoms with Gasteiger partial charge >= 0.3 is 0 Å². The van der Waals surface area contributed by atoms with Gasteiger partial charge in [0.1, 0.15) is 17.4 Å². The first-order valence-corrected chi connectivity index (χ1v) is 6.67. The van der Waals surface area contributed by atoms with Gasteiger partial charge in [-0.3, -0.25) is 9.59 Å². The maximum Gasteiger partial charge on any atom is 0.246 e. The maximum atomic E-state index is 13.0. The summed E-state index contributed by atoms with van der Waals surface area (Å²) in [5.41, 5.74) is -0.363. The Balaban J connectivity index is 2.33. The summed E-state index contributed by atoms with van der Waals surface area (Å²) in [4.78, 5) is 25.7. The molecule has 1 unspecified atom stereocenters. The summed E-state index contributed by atoms with van der Waals surface area (Å²) in [6.07, 6.45) is 0. The third-order valence-corrected chi connectivity index (χ3v) is 3.91. The lowest BCUT2D eigenvalue weighted by Gasteiger charge is -2.43. The summed E-state index contributed by atoms with van der Waals surface area (Å²) in [5, 5.41) is 2.88. The third-order valence-electron chi connectivity index (χ3n) is 3.56. The van der Waals surface area contributed by atoms with E-state index in [0.29, 0.717) is 5.56 Å². The number of carbonyl (C=O) groups is 2. The minimum Gasteiger partial charge on any atom is -0.343 e. The van der Waals surface area contributed by atoms with Gasteiger partial charge in [0.05, 0.1) is 0 Å². The molecule has 2 rings (SSSR count). The molecule has 20 heavy (non-hydrogen) atoms. The Morgan fingerprint density at radius 3 is 2.65 bits per heavy atom. The van der Waals surface area contributed by atoms with Crippen LogP contribution in [0.5, 0.6) is 0 Å². The molecule has 1 saturated heterocycles. The van der Waals surface area contributed by atoms with Crippen molar-refractivity contribution in [2.45, 2.75) is 38.9 Å². The van der Waals surface area contributed by atoms with Crippen LogP contribution in [0, 0.1) is 5.82 Å². The second-order valence-corrected chi connectivity index (χ2v) is 5.82. The molecule has 0 aromatic heterocycles. The van der Waals surface area contributed by atoms with Crippen molar-refractivity contribution in [2.75, 3.05) is 0 Å². The molecule has 0 saturated carbocycles. The lowest BCUT2D eigenvalue weighted by Crippen LogP contribution is -2.67. The number of piperazine rings is 1. The molecule has 0 aliphatic carbocycles. The van der Waals surface area contributed by atoms with Crippen molar-refractivity contribution < 1.29 is 14.0 Å². The predicted molar refractivity (Wildman–Crippen MR) is 73.6 cm³/mol. The zero-order chi connectivity index (χ0) is 15.1. The average Bonchev–Trinajstić information content (AvgIpc) is 2.35. The molecular formula is C14H16ClFN2O2. The number of hydrogen-bond acceptors (Lipinski definition) is 2. The standard InChI is InChI=1S/C14H16ClFN2O2/c1-8-12(19)18(14(2,3)13(20)17-8)7-9-4-5-10(16)6-11(9)15/h4-6,8H,7H2,1-3H3,(H,17,20). The molecule has 1 aromatic carbocycles. The Bertz CT molecular complexity index is 574. The van der Waals surface area contributed by atoms with Crippen LogP contribution in [-0.4, -0.2) is 28.3 Å². The highest BCUT2D eigenvalue weighted by Crippen LogP contribution is 2.26. The molecule has 1 heterocycles. The molecule has 6 heteroatoms. The Kier molecular flexibility index (Phi) is 3.73. The van der Waals surface area contributed by atoms with Gasteiger partial charge in [-0.25, -0.2) is 4.39 Å². The molecule has 0 bridgehead atoms. The van der Waals surface area contributed by atoms with Crippen LogP contribution in [0.1, 0.15) is 26.3 Å². The predicted octanol–water partition coefficient (Wildman–Crippen LogP) is 2.10. The van der Waals surface area contributed by atoms with Gasteiger partial charge in [0.2, 0.25) is 11.8 Å². The van der Waals surface area contributed by atoms with E-state index < -0.39 is 17.4 Å². The molecule has 0 radical (unpaired) electrons. The fourth-order valence-corrected chi connectivity index (χ4v) is 2.39. The van der Waals surface area contributed by atoms with E-state index in [1.807, 2.05) is 0 Å². The third kappa shape index (κ3) is 2.50.